The zero-order chi connectivity index (χ0) is 12.7. The van der Waals surface area contributed by atoms with Gasteiger partial charge in [0.05, 0.1) is 6.61 Å². The molecule has 0 saturated heterocycles. The van der Waals surface area contributed by atoms with Crippen molar-refractivity contribution in [2.24, 2.45) is 5.73 Å². The van der Waals surface area contributed by atoms with Crippen LogP contribution in [0.25, 0.3) is 0 Å². The number of nitrogens with two attached hydrogens (primary N) is 1. The first-order chi connectivity index (χ1) is 8.09. The fraction of sp³-hybridized carbons (Fsp3) is 0.364. The van der Waals surface area contributed by atoms with Crippen molar-refractivity contribution in [1.82, 2.24) is 5.32 Å². The highest BCUT2D eigenvalue weighted by Gasteiger charge is 2.01. The molecule has 0 fully saturated rings. The van der Waals surface area contributed by atoms with E-state index in [9.17, 15) is 9.18 Å². The van der Waals surface area contributed by atoms with Crippen molar-refractivity contribution in [3.8, 4) is 0 Å². The summed E-state index contributed by atoms with van der Waals surface area (Å²) in [5.41, 5.74) is 5.48. The second kappa shape index (κ2) is 7.37. The SMILES string of the molecule is NC(=O)COCCNCc1ccc(Br)cc1F. The van der Waals surface area contributed by atoms with Gasteiger partial charge in [0, 0.05) is 23.1 Å². The van der Waals surface area contributed by atoms with Crippen molar-refractivity contribution in [3.63, 3.8) is 0 Å². The monoisotopic (exact) mass is 304 g/mol. The summed E-state index contributed by atoms with van der Waals surface area (Å²) < 4.78 is 19.0. The van der Waals surface area contributed by atoms with Crippen LogP contribution < -0.4 is 11.1 Å². The van der Waals surface area contributed by atoms with Crippen LogP contribution in [0.3, 0.4) is 0 Å². The van der Waals surface area contributed by atoms with E-state index in [-0.39, 0.29) is 12.4 Å². The number of nitrogens with one attached hydrogen (secondary N) is 1. The van der Waals surface area contributed by atoms with Crippen LogP contribution in [0.5, 0.6) is 0 Å². The molecule has 1 aromatic rings. The first-order valence-corrected chi connectivity index (χ1v) is 5.89. The van der Waals surface area contributed by atoms with Gasteiger partial charge in [-0.3, -0.25) is 4.79 Å². The van der Waals surface area contributed by atoms with Gasteiger partial charge in [-0.25, -0.2) is 4.39 Å². The number of halogens is 2. The van der Waals surface area contributed by atoms with E-state index in [1.165, 1.54) is 6.07 Å². The molecule has 0 saturated carbocycles. The van der Waals surface area contributed by atoms with Gasteiger partial charge in [0.1, 0.15) is 12.4 Å². The molecule has 3 N–H and O–H groups in total. The van der Waals surface area contributed by atoms with Gasteiger partial charge in [-0.1, -0.05) is 22.0 Å². The maximum atomic E-state index is 13.4. The summed E-state index contributed by atoms with van der Waals surface area (Å²) in [6, 6.07) is 4.90. The quantitative estimate of drug-likeness (QED) is 0.744. The van der Waals surface area contributed by atoms with Gasteiger partial charge in [0.15, 0.2) is 0 Å². The molecule has 1 rings (SSSR count). The van der Waals surface area contributed by atoms with Crippen LogP contribution in [0.2, 0.25) is 0 Å². The Labute approximate surface area is 107 Å². The summed E-state index contributed by atoms with van der Waals surface area (Å²) in [5.74, 6) is -0.756. The number of hydrogen-bond acceptors (Lipinski definition) is 3. The summed E-state index contributed by atoms with van der Waals surface area (Å²) in [4.78, 5) is 10.4. The Morgan fingerprint density at radius 3 is 2.94 bits per heavy atom. The molecule has 6 heteroatoms. The fourth-order valence-corrected chi connectivity index (χ4v) is 1.54. The molecule has 0 radical (unpaired) electrons. The van der Waals surface area contributed by atoms with Crippen molar-refractivity contribution in [2.45, 2.75) is 6.54 Å². The Morgan fingerprint density at radius 1 is 1.53 bits per heavy atom. The van der Waals surface area contributed by atoms with Crippen LogP contribution in [0.4, 0.5) is 4.39 Å². The van der Waals surface area contributed by atoms with Crippen molar-refractivity contribution >= 4 is 21.8 Å². The van der Waals surface area contributed by atoms with Crippen LogP contribution in [-0.4, -0.2) is 25.7 Å². The third-order valence-electron chi connectivity index (χ3n) is 2.00. The van der Waals surface area contributed by atoms with Gasteiger partial charge in [0.2, 0.25) is 5.91 Å². The van der Waals surface area contributed by atoms with Crippen LogP contribution in [0.15, 0.2) is 22.7 Å². The highest BCUT2D eigenvalue weighted by Crippen LogP contribution is 2.14. The molecule has 0 aliphatic rings. The standard InChI is InChI=1S/C11H14BrFN2O2/c12-9-2-1-8(10(13)5-9)6-15-3-4-17-7-11(14)16/h1-2,5,15H,3-4,6-7H2,(H2,14,16). The maximum Gasteiger partial charge on any atom is 0.243 e. The number of carbonyl (C=O) groups is 1. The van der Waals surface area contributed by atoms with Gasteiger partial charge < -0.3 is 15.8 Å². The lowest BCUT2D eigenvalue weighted by Gasteiger charge is -2.06. The molecule has 1 aromatic carbocycles. The van der Waals surface area contributed by atoms with Gasteiger partial charge in [0.25, 0.3) is 0 Å². The molecular weight excluding hydrogens is 291 g/mol. The van der Waals surface area contributed by atoms with Gasteiger partial charge in [-0.2, -0.15) is 0 Å². The van der Waals surface area contributed by atoms with E-state index in [1.54, 1.807) is 12.1 Å². The predicted molar refractivity (Wildman–Crippen MR) is 65.8 cm³/mol. The maximum absolute atomic E-state index is 13.4. The zero-order valence-electron chi connectivity index (χ0n) is 9.21. The smallest absolute Gasteiger partial charge is 0.243 e. The first-order valence-electron chi connectivity index (χ1n) is 5.10. The topological polar surface area (TPSA) is 64.4 Å². The lowest BCUT2D eigenvalue weighted by atomic mass is 10.2. The molecule has 94 valence electrons. The molecule has 0 aromatic heterocycles. The molecular formula is C11H14BrFN2O2. The third kappa shape index (κ3) is 5.76. The van der Waals surface area contributed by atoms with E-state index < -0.39 is 5.91 Å². The Bertz CT molecular complexity index is 388. The first kappa shape index (κ1) is 14.1. The largest absolute Gasteiger partial charge is 0.370 e. The normalized spacial score (nSPS) is 10.5. The molecule has 0 bridgehead atoms. The fourth-order valence-electron chi connectivity index (χ4n) is 1.21. The minimum atomic E-state index is -0.496. The third-order valence-corrected chi connectivity index (χ3v) is 2.49. The average molecular weight is 305 g/mol. The van der Waals surface area contributed by atoms with Gasteiger partial charge >= 0.3 is 0 Å². The zero-order valence-corrected chi connectivity index (χ0v) is 10.8. The number of amides is 1. The van der Waals surface area contributed by atoms with Crippen LogP contribution in [-0.2, 0) is 16.1 Å². The van der Waals surface area contributed by atoms with E-state index in [4.69, 9.17) is 10.5 Å². The Balaban J connectivity index is 2.20. The number of primary amides is 1. The molecule has 4 nitrogen and oxygen atoms in total. The van der Waals surface area contributed by atoms with E-state index in [0.717, 1.165) is 0 Å². The summed E-state index contributed by atoms with van der Waals surface area (Å²) in [6.07, 6.45) is 0. The number of carbonyl (C=O) groups excluding carboxylic acids is 1. The van der Waals surface area contributed by atoms with Crippen molar-refractivity contribution in [2.75, 3.05) is 19.8 Å². The van der Waals surface area contributed by atoms with Crippen molar-refractivity contribution < 1.29 is 13.9 Å². The van der Waals surface area contributed by atoms with E-state index in [2.05, 4.69) is 21.2 Å². The number of rotatable bonds is 7. The number of hydrogen-bond donors (Lipinski definition) is 2. The molecule has 0 atom stereocenters. The number of benzene rings is 1. The van der Waals surface area contributed by atoms with Crippen LogP contribution >= 0.6 is 15.9 Å². The lowest BCUT2D eigenvalue weighted by Crippen LogP contribution is -2.24. The van der Waals surface area contributed by atoms with E-state index in [1.807, 2.05) is 0 Å². The molecule has 0 aliphatic heterocycles. The van der Waals surface area contributed by atoms with Crippen LogP contribution in [0.1, 0.15) is 5.56 Å². The lowest BCUT2D eigenvalue weighted by molar-refractivity contribution is -0.122. The van der Waals surface area contributed by atoms with E-state index >= 15 is 0 Å². The average Bonchev–Trinajstić information content (AvgIpc) is 2.25. The highest BCUT2D eigenvalue weighted by atomic mass is 79.9. The predicted octanol–water partition coefficient (Wildman–Crippen LogP) is 1.18. The Hall–Kier alpha value is -0.980. The molecule has 0 unspecified atom stereocenters. The Morgan fingerprint density at radius 2 is 2.29 bits per heavy atom. The summed E-state index contributed by atoms with van der Waals surface area (Å²) >= 11 is 3.19. The van der Waals surface area contributed by atoms with Gasteiger partial charge in [-0.05, 0) is 12.1 Å². The summed E-state index contributed by atoms with van der Waals surface area (Å²) in [5, 5.41) is 3.00. The number of ether oxygens (including phenoxy) is 1. The van der Waals surface area contributed by atoms with E-state index in [0.29, 0.717) is 29.7 Å². The molecule has 1 amide bonds. The Kier molecular flexibility index (Phi) is 6.10. The minimum absolute atomic E-state index is 0.0890. The molecule has 17 heavy (non-hydrogen) atoms. The second-order valence-electron chi connectivity index (χ2n) is 3.43. The second-order valence-corrected chi connectivity index (χ2v) is 4.35. The molecule has 0 spiro atoms. The highest BCUT2D eigenvalue weighted by molar-refractivity contribution is 9.10. The summed E-state index contributed by atoms with van der Waals surface area (Å²) in [7, 11) is 0. The van der Waals surface area contributed by atoms with Crippen LogP contribution in [0, 0.1) is 5.82 Å². The molecule has 0 aliphatic carbocycles. The minimum Gasteiger partial charge on any atom is -0.370 e. The van der Waals surface area contributed by atoms with Crippen molar-refractivity contribution in [3.05, 3.63) is 34.1 Å². The summed E-state index contributed by atoms with van der Waals surface area (Å²) in [6.45, 7) is 1.22. The van der Waals surface area contributed by atoms with Crippen molar-refractivity contribution in [1.29, 1.82) is 0 Å². The van der Waals surface area contributed by atoms with Gasteiger partial charge in [-0.15, -0.1) is 0 Å². The molecule has 0 heterocycles.